The SMILES string of the molecule is CC(=O)OCOC(=O)SCCNC(=O)OCc1oc(=O)oc1C. The number of hydrogen-bond donors (Lipinski definition) is 1. The van der Waals surface area contributed by atoms with E-state index in [1.165, 1.54) is 13.8 Å². The average molecular weight is 349 g/mol. The second-order valence-corrected chi connectivity index (χ2v) is 4.96. The van der Waals surface area contributed by atoms with Crippen molar-refractivity contribution >= 4 is 29.1 Å². The first-order valence-electron chi connectivity index (χ1n) is 6.31. The van der Waals surface area contributed by atoms with E-state index in [-0.39, 0.29) is 30.4 Å². The van der Waals surface area contributed by atoms with E-state index in [1.54, 1.807) is 0 Å². The molecular weight excluding hydrogens is 334 g/mol. The lowest BCUT2D eigenvalue weighted by Crippen LogP contribution is -2.26. The zero-order valence-corrected chi connectivity index (χ0v) is 13.2. The molecule has 0 bridgehead atoms. The van der Waals surface area contributed by atoms with Gasteiger partial charge in [0.15, 0.2) is 18.1 Å². The molecule has 11 heteroatoms. The minimum absolute atomic E-state index is 0.119. The maximum atomic E-state index is 11.4. The van der Waals surface area contributed by atoms with Gasteiger partial charge in [-0.2, -0.15) is 0 Å². The van der Waals surface area contributed by atoms with Crippen molar-refractivity contribution in [2.45, 2.75) is 20.5 Å². The van der Waals surface area contributed by atoms with E-state index in [0.29, 0.717) is 0 Å². The lowest BCUT2D eigenvalue weighted by atomic mass is 10.4. The number of carbonyl (C=O) groups excluding carboxylic acids is 3. The molecule has 1 rings (SSSR count). The minimum Gasteiger partial charge on any atom is -0.441 e. The normalized spacial score (nSPS) is 10.0. The number of aryl methyl sites for hydroxylation is 1. The highest BCUT2D eigenvalue weighted by Crippen LogP contribution is 2.07. The van der Waals surface area contributed by atoms with Crippen molar-refractivity contribution in [1.29, 1.82) is 0 Å². The topological polar surface area (TPSA) is 134 Å². The lowest BCUT2D eigenvalue weighted by Gasteiger charge is -2.06. The van der Waals surface area contributed by atoms with Gasteiger partial charge in [-0.05, 0) is 18.7 Å². The summed E-state index contributed by atoms with van der Waals surface area (Å²) in [6.07, 6.45) is -0.748. The zero-order chi connectivity index (χ0) is 17.2. The summed E-state index contributed by atoms with van der Waals surface area (Å²) in [7, 11) is 0. The predicted molar refractivity (Wildman–Crippen MR) is 75.7 cm³/mol. The molecule has 0 spiro atoms. The first-order valence-corrected chi connectivity index (χ1v) is 7.30. The van der Waals surface area contributed by atoms with E-state index in [9.17, 15) is 19.2 Å². The number of alkyl carbamates (subject to hydrolysis) is 1. The van der Waals surface area contributed by atoms with Crippen LogP contribution in [0, 0.1) is 6.92 Å². The van der Waals surface area contributed by atoms with E-state index < -0.39 is 30.0 Å². The van der Waals surface area contributed by atoms with Gasteiger partial charge in [-0.15, -0.1) is 0 Å². The third-order valence-electron chi connectivity index (χ3n) is 2.20. The molecule has 1 heterocycles. The van der Waals surface area contributed by atoms with Crippen molar-refractivity contribution in [1.82, 2.24) is 5.32 Å². The van der Waals surface area contributed by atoms with Gasteiger partial charge in [-0.25, -0.2) is 14.4 Å². The molecule has 0 fully saturated rings. The fourth-order valence-corrected chi connectivity index (χ4v) is 1.68. The number of rotatable bonds is 7. The van der Waals surface area contributed by atoms with E-state index in [1.807, 2.05) is 0 Å². The molecule has 0 aliphatic heterocycles. The largest absolute Gasteiger partial charge is 0.519 e. The molecule has 0 saturated heterocycles. The van der Waals surface area contributed by atoms with Gasteiger partial charge < -0.3 is 28.4 Å². The Labute approximate surface area is 134 Å². The van der Waals surface area contributed by atoms with Gasteiger partial charge in [0.1, 0.15) is 0 Å². The van der Waals surface area contributed by atoms with Crippen LogP contribution in [0.4, 0.5) is 9.59 Å². The van der Waals surface area contributed by atoms with Crippen molar-refractivity contribution in [2.75, 3.05) is 19.1 Å². The number of ether oxygens (including phenoxy) is 3. The second kappa shape index (κ2) is 9.56. The molecule has 1 aromatic rings. The monoisotopic (exact) mass is 349 g/mol. The Hall–Kier alpha value is -2.43. The third-order valence-corrected chi connectivity index (χ3v) is 2.96. The molecular formula is C12H15NO9S. The number of amides is 1. The Morgan fingerprint density at radius 1 is 1.17 bits per heavy atom. The number of nitrogens with one attached hydrogen (secondary N) is 1. The highest BCUT2D eigenvalue weighted by atomic mass is 32.2. The van der Waals surface area contributed by atoms with Crippen LogP contribution < -0.4 is 11.1 Å². The summed E-state index contributed by atoms with van der Waals surface area (Å²) in [5.41, 5.74) is 0. The highest BCUT2D eigenvalue weighted by molar-refractivity contribution is 8.13. The summed E-state index contributed by atoms with van der Waals surface area (Å²) in [6, 6.07) is 0. The van der Waals surface area contributed by atoms with Crippen LogP contribution >= 0.6 is 11.8 Å². The molecule has 0 unspecified atom stereocenters. The molecule has 0 saturated carbocycles. The number of thioether (sulfide) groups is 1. The Bertz CT molecular complexity index is 606. The Balaban J connectivity index is 2.10. The Kier molecular flexibility index (Phi) is 7.74. The Morgan fingerprint density at radius 3 is 2.52 bits per heavy atom. The number of esters is 1. The fourth-order valence-electron chi connectivity index (χ4n) is 1.18. The predicted octanol–water partition coefficient (Wildman–Crippen LogP) is 1.16. The second-order valence-electron chi connectivity index (χ2n) is 3.93. The van der Waals surface area contributed by atoms with Crippen molar-refractivity contribution in [2.24, 2.45) is 0 Å². The first-order chi connectivity index (χ1) is 10.9. The van der Waals surface area contributed by atoms with Gasteiger partial charge in [0.2, 0.25) is 6.79 Å². The van der Waals surface area contributed by atoms with Crippen LogP contribution in [-0.4, -0.2) is 36.5 Å². The van der Waals surface area contributed by atoms with E-state index >= 15 is 0 Å². The molecule has 0 aromatic carbocycles. The van der Waals surface area contributed by atoms with Crippen LogP contribution in [0.15, 0.2) is 13.6 Å². The molecule has 0 atom stereocenters. The van der Waals surface area contributed by atoms with Crippen LogP contribution in [0.3, 0.4) is 0 Å². The molecule has 23 heavy (non-hydrogen) atoms. The lowest BCUT2D eigenvalue weighted by molar-refractivity contribution is -0.148. The van der Waals surface area contributed by atoms with Crippen molar-refractivity contribution in [3.63, 3.8) is 0 Å². The maximum absolute atomic E-state index is 11.4. The molecule has 0 aliphatic rings. The summed E-state index contributed by atoms with van der Waals surface area (Å²) < 4.78 is 23.0. The first kappa shape index (κ1) is 18.6. The van der Waals surface area contributed by atoms with E-state index in [2.05, 4.69) is 23.6 Å². The molecule has 1 amide bonds. The van der Waals surface area contributed by atoms with Crippen LogP contribution in [0.5, 0.6) is 0 Å². The van der Waals surface area contributed by atoms with Crippen LogP contribution in [0.25, 0.3) is 0 Å². The van der Waals surface area contributed by atoms with Crippen LogP contribution in [0.1, 0.15) is 18.4 Å². The minimum atomic E-state index is -0.870. The Morgan fingerprint density at radius 2 is 1.91 bits per heavy atom. The average Bonchev–Trinajstić information content (AvgIpc) is 2.79. The molecule has 1 aromatic heterocycles. The molecule has 10 nitrogen and oxygen atoms in total. The van der Waals surface area contributed by atoms with Gasteiger partial charge in [0.25, 0.3) is 0 Å². The summed E-state index contributed by atoms with van der Waals surface area (Å²) in [6.45, 7) is 2.12. The fraction of sp³-hybridized carbons (Fsp3) is 0.500. The molecule has 0 radical (unpaired) electrons. The van der Waals surface area contributed by atoms with Gasteiger partial charge in [-0.1, -0.05) is 0 Å². The van der Waals surface area contributed by atoms with Crippen LogP contribution in [-0.2, 0) is 25.6 Å². The van der Waals surface area contributed by atoms with Crippen molar-refractivity contribution < 1.29 is 37.4 Å². The number of hydrogen-bond acceptors (Lipinski definition) is 10. The molecule has 0 aliphatic carbocycles. The molecule has 128 valence electrons. The summed E-state index contributed by atoms with van der Waals surface area (Å²) in [5, 5.41) is 1.74. The van der Waals surface area contributed by atoms with Gasteiger partial charge >= 0.3 is 23.2 Å². The van der Waals surface area contributed by atoms with Crippen LogP contribution in [0.2, 0.25) is 0 Å². The van der Waals surface area contributed by atoms with Crippen molar-refractivity contribution in [3.8, 4) is 0 Å². The highest BCUT2D eigenvalue weighted by Gasteiger charge is 2.11. The third kappa shape index (κ3) is 7.95. The molecule has 1 N–H and O–H groups in total. The quantitative estimate of drug-likeness (QED) is 0.434. The van der Waals surface area contributed by atoms with Gasteiger partial charge in [0, 0.05) is 19.2 Å². The summed E-state index contributed by atoms with van der Waals surface area (Å²) in [5.74, 6) is -0.850. The standard InChI is InChI=1S/C12H15NO9S/c1-7-9(22-11(16)21-7)5-18-10(15)13-3-4-23-12(17)20-6-19-8(2)14/h3-6H2,1-2H3,(H,13,15). The van der Waals surface area contributed by atoms with Crippen molar-refractivity contribution in [3.05, 3.63) is 22.1 Å². The van der Waals surface area contributed by atoms with Gasteiger partial charge in [-0.3, -0.25) is 4.79 Å². The summed E-state index contributed by atoms with van der Waals surface area (Å²) >= 11 is 0.793. The number of carbonyl (C=O) groups is 3. The van der Waals surface area contributed by atoms with E-state index in [4.69, 9.17) is 4.74 Å². The summed E-state index contributed by atoms with van der Waals surface area (Å²) in [4.78, 5) is 43.7. The maximum Gasteiger partial charge on any atom is 0.519 e. The zero-order valence-electron chi connectivity index (χ0n) is 12.4. The van der Waals surface area contributed by atoms with Gasteiger partial charge in [0.05, 0.1) is 0 Å². The smallest absolute Gasteiger partial charge is 0.441 e. The van der Waals surface area contributed by atoms with E-state index in [0.717, 1.165) is 11.8 Å².